The number of ether oxygens (including phenoxy) is 1. The quantitative estimate of drug-likeness (QED) is 0.110. The summed E-state index contributed by atoms with van der Waals surface area (Å²) in [6, 6.07) is 0. The van der Waals surface area contributed by atoms with Crippen LogP contribution in [0.1, 0.15) is 103 Å². The second kappa shape index (κ2) is 18.4. The highest BCUT2D eigenvalue weighted by molar-refractivity contribution is 5.71. The number of aliphatic carboxylic acids is 1. The standard InChI is InChI=1S/C25H47NO4/c1-5-6-7-8-9-10-11-12-13-14-15-16-17-18-19-20-25(29)30-23(21-24(27)28)22-26(2,3)4/h10-11,23H,5-9,12-22H2,1-4H3/p+1/b11-10-/t23-/m0/s1. The van der Waals surface area contributed by atoms with Gasteiger partial charge in [-0.3, -0.25) is 9.59 Å². The van der Waals surface area contributed by atoms with E-state index in [0.717, 1.165) is 19.3 Å². The lowest BCUT2D eigenvalue weighted by molar-refractivity contribution is -0.873. The number of carbonyl (C=O) groups excluding carboxylic acids is 1. The third-order valence-electron chi connectivity index (χ3n) is 5.09. The molecule has 0 aliphatic rings. The molecule has 0 amide bonds. The predicted molar refractivity (Wildman–Crippen MR) is 124 cm³/mol. The first-order valence-electron chi connectivity index (χ1n) is 12.1. The Morgan fingerprint density at radius 3 is 1.83 bits per heavy atom. The predicted octanol–water partition coefficient (Wildman–Crippen LogP) is 6.12. The van der Waals surface area contributed by atoms with Crippen LogP contribution in [-0.4, -0.2) is 55.3 Å². The van der Waals surface area contributed by atoms with Gasteiger partial charge in [0.05, 0.1) is 27.6 Å². The van der Waals surface area contributed by atoms with E-state index < -0.39 is 12.1 Å². The maximum atomic E-state index is 12.0. The number of hydrogen-bond acceptors (Lipinski definition) is 3. The zero-order valence-electron chi connectivity index (χ0n) is 20.2. The number of hydrogen-bond donors (Lipinski definition) is 1. The van der Waals surface area contributed by atoms with Crippen LogP contribution in [0.25, 0.3) is 0 Å². The van der Waals surface area contributed by atoms with Crippen LogP contribution in [0.3, 0.4) is 0 Å². The van der Waals surface area contributed by atoms with Crippen molar-refractivity contribution in [1.29, 1.82) is 0 Å². The summed E-state index contributed by atoms with van der Waals surface area (Å²) >= 11 is 0. The number of unbranched alkanes of at least 4 members (excludes halogenated alkanes) is 11. The van der Waals surface area contributed by atoms with Crippen LogP contribution >= 0.6 is 0 Å². The molecule has 0 aromatic carbocycles. The topological polar surface area (TPSA) is 63.6 Å². The molecular weight excluding hydrogens is 378 g/mol. The molecule has 0 saturated carbocycles. The number of nitrogens with zero attached hydrogens (tertiary/aromatic N) is 1. The third-order valence-corrected chi connectivity index (χ3v) is 5.09. The summed E-state index contributed by atoms with van der Waals surface area (Å²) in [5, 5.41) is 9.01. The van der Waals surface area contributed by atoms with Crippen molar-refractivity contribution >= 4 is 11.9 Å². The zero-order valence-corrected chi connectivity index (χ0v) is 20.2. The fraction of sp³-hybridized carbons (Fsp3) is 0.840. The lowest BCUT2D eigenvalue weighted by atomic mass is 10.1. The molecule has 5 heteroatoms. The maximum absolute atomic E-state index is 12.0. The lowest BCUT2D eigenvalue weighted by Gasteiger charge is -2.28. The van der Waals surface area contributed by atoms with E-state index in [4.69, 9.17) is 9.84 Å². The Morgan fingerprint density at radius 1 is 0.833 bits per heavy atom. The van der Waals surface area contributed by atoms with Gasteiger partial charge < -0.3 is 14.3 Å². The summed E-state index contributed by atoms with van der Waals surface area (Å²) in [5.74, 6) is -1.19. The van der Waals surface area contributed by atoms with Crippen LogP contribution < -0.4 is 0 Å². The Morgan fingerprint density at radius 2 is 1.33 bits per heavy atom. The van der Waals surface area contributed by atoms with Gasteiger partial charge in [0.25, 0.3) is 0 Å². The Labute approximate surface area is 185 Å². The molecule has 0 aliphatic carbocycles. The van der Waals surface area contributed by atoms with E-state index in [2.05, 4.69) is 19.1 Å². The van der Waals surface area contributed by atoms with E-state index in [9.17, 15) is 9.59 Å². The molecule has 0 aromatic rings. The van der Waals surface area contributed by atoms with Crippen LogP contribution in [-0.2, 0) is 14.3 Å². The van der Waals surface area contributed by atoms with E-state index in [1.54, 1.807) is 0 Å². The van der Waals surface area contributed by atoms with Gasteiger partial charge in [-0.25, -0.2) is 0 Å². The van der Waals surface area contributed by atoms with Gasteiger partial charge in [0.2, 0.25) is 0 Å². The molecular formula is C25H48NO4+. The van der Waals surface area contributed by atoms with Gasteiger partial charge in [-0.2, -0.15) is 0 Å². The second-order valence-corrected chi connectivity index (χ2v) is 9.52. The SMILES string of the molecule is CCCCCC/C=C\CCCCCCCCCC(=O)O[C@@H](CC(=O)O)C[N+](C)(C)C. The minimum atomic E-state index is -0.927. The molecule has 0 radical (unpaired) electrons. The number of quaternary nitrogens is 1. The van der Waals surface area contributed by atoms with E-state index in [1.165, 1.54) is 64.2 Å². The van der Waals surface area contributed by atoms with E-state index in [1.807, 2.05) is 21.1 Å². The fourth-order valence-corrected chi connectivity index (χ4v) is 3.53. The summed E-state index contributed by atoms with van der Waals surface area (Å²) in [6.07, 6.45) is 20.2. The molecule has 176 valence electrons. The van der Waals surface area contributed by atoms with Crippen LogP contribution in [0.15, 0.2) is 12.2 Å². The number of carboxylic acids is 1. The number of rotatable bonds is 20. The van der Waals surface area contributed by atoms with E-state index in [0.29, 0.717) is 17.4 Å². The third kappa shape index (κ3) is 21.4. The highest BCUT2D eigenvalue weighted by Gasteiger charge is 2.24. The lowest BCUT2D eigenvalue weighted by Crippen LogP contribution is -2.43. The maximum Gasteiger partial charge on any atom is 0.307 e. The van der Waals surface area contributed by atoms with Crippen LogP contribution in [0.2, 0.25) is 0 Å². The van der Waals surface area contributed by atoms with E-state index in [-0.39, 0.29) is 12.4 Å². The number of likely N-dealkylation sites (N-methyl/N-ethyl adjacent to an activating group) is 1. The first-order valence-corrected chi connectivity index (χ1v) is 12.1. The molecule has 30 heavy (non-hydrogen) atoms. The molecule has 1 N–H and O–H groups in total. The van der Waals surface area contributed by atoms with Crippen molar-refractivity contribution in [2.75, 3.05) is 27.7 Å². The molecule has 0 fully saturated rings. The van der Waals surface area contributed by atoms with Gasteiger partial charge in [-0.1, -0.05) is 70.4 Å². The normalized spacial score (nSPS) is 12.9. The van der Waals surface area contributed by atoms with Gasteiger partial charge >= 0.3 is 11.9 Å². The smallest absolute Gasteiger partial charge is 0.307 e. The molecule has 0 unspecified atom stereocenters. The molecule has 0 aromatic heterocycles. The summed E-state index contributed by atoms with van der Waals surface area (Å²) in [4.78, 5) is 23.0. The molecule has 0 aliphatic heterocycles. The Hall–Kier alpha value is -1.36. The van der Waals surface area contributed by atoms with Gasteiger partial charge in [0.15, 0.2) is 6.10 Å². The molecule has 0 saturated heterocycles. The summed E-state index contributed by atoms with van der Waals surface area (Å²) < 4.78 is 5.98. The minimum absolute atomic E-state index is 0.130. The Bertz CT molecular complexity index is 468. The Balaban J connectivity index is 3.63. The molecule has 5 nitrogen and oxygen atoms in total. The monoisotopic (exact) mass is 426 g/mol. The minimum Gasteiger partial charge on any atom is -0.481 e. The Kier molecular flexibility index (Phi) is 17.6. The van der Waals surface area contributed by atoms with Crippen molar-refractivity contribution in [3.05, 3.63) is 12.2 Å². The van der Waals surface area contributed by atoms with Crippen molar-refractivity contribution in [2.45, 2.75) is 109 Å². The number of carboxylic acid groups (broad SMARTS) is 1. The molecule has 0 bridgehead atoms. The van der Waals surface area contributed by atoms with Crippen LogP contribution in [0.5, 0.6) is 0 Å². The molecule has 0 heterocycles. The number of esters is 1. The number of allylic oxidation sites excluding steroid dienone is 2. The van der Waals surface area contributed by atoms with Crippen LogP contribution in [0.4, 0.5) is 0 Å². The average Bonchev–Trinajstić information content (AvgIpc) is 2.63. The highest BCUT2D eigenvalue weighted by Crippen LogP contribution is 2.12. The fourth-order valence-electron chi connectivity index (χ4n) is 3.53. The second-order valence-electron chi connectivity index (χ2n) is 9.52. The van der Waals surface area contributed by atoms with Crippen LogP contribution in [0, 0.1) is 0 Å². The van der Waals surface area contributed by atoms with Gasteiger partial charge in [-0.15, -0.1) is 0 Å². The highest BCUT2D eigenvalue weighted by atomic mass is 16.5. The zero-order chi connectivity index (χ0) is 22.7. The van der Waals surface area contributed by atoms with Crippen molar-refractivity contribution in [3.8, 4) is 0 Å². The molecule has 0 spiro atoms. The first-order chi connectivity index (χ1) is 14.2. The largest absolute Gasteiger partial charge is 0.481 e. The first kappa shape index (κ1) is 28.6. The molecule has 1 atom stereocenters. The van der Waals surface area contributed by atoms with Crippen molar-refractivity contribution in [2.24, 2.45) is 0 Å². The summed E-state index contributed by atoms with van der Waals surface area (Å²) in [5.41, 5.74) is 0. The van der Waals surface area contributed by atoms with Gasteiger partial charge in [-0.05, 0) is 32.1 Å². The van der Waals surface area contributed by atoms with Crippen molar-refractivity contribution in [1.82, 2.24) is 0 Å². The summed E-state index contributed by atoms with van der Waals surface area (Å²) in [6.45, 7) is 2.75. The molecule has 0 rings (SSSR count). The summed E-state index contributed by atoms with van der Waals surface area (Å²) in [7, 11) is 5.90. The van der Waals surface area contributed by atoms with Crippen molar-refractivity contribution in [3.63, 3.8) is 0 Å². The van der Waals surface area contributed by atoms with Crippen molar-refractivity contribution < 1.29 is 23.9 Å². The van der Waals surface area contributed by atoms with Gasteiger partial charge in [0, 0.05) is 6.42 Å². The van der Waals surface area contributed by atoms with E-state index >= 15 is 0 Å². The van der Waals surface area contributed by atoms with Gasteiger partial charge in [0.1, 0.15) is 6.54 Å². The number of carbonyl (C=O) groups is 2. The average molecular weight is 427 g/mol.